The Morgan fingerprint density at radius 2 is 2.08 bits per heavy atom. The minimum Gasteiger partial charge on any atom is -0.489 e. The number of nitrogens with one attached hydrogen (secondary N) is 1. The van der Waals surface area contributed by atoms with Gasteiger partial charge < -0.3 is 15.0 Å². The maximum atomic E-state index is 12.1. The third-order valence-corrected chi connectivity index (χ3v) is 4.23. The largest absolute Gasteiger partial charge is 0.489 e. The van der Waals surface area contributed by atoms with Gasteiger partial charge in [0.05, 0.1) is 5.92 Å². The van der Waals surface area contributed by atoms with E-state index >= 15 is 0 Å². The molecule has 25 heavy (non-hydrogen) atoms. The molecule has 2 aromatic rings. The molecule has 0 spiro atoms. The molecule has 3 rings (SSSR count). The normalized spacial score (nSPS) is 16.8. The highest BCUT2D eigenvalue weighted by atomic mass is 16.5. The number of hydrogen-bond acceptors (Lipinski definition) is 4. The second-order valence-corrected chi connectivity index (χ2v) is 6.19. The number of benzene rings is 1. The Hall–Kier alpha value is -2.89. The minimum atomic E-state index is -0.250. The number of likely N-dealkylation sites (tertiary alicyclic amines) is 1. The summed E-state index contributed by atoms with van der Waals surface area (Å²) in [5, 5.41) is 2.89. The number of carbonyl (C=O) groups is 2. The van der Waals surface area contributed by atoms with Gasteiger partial charge in [-0.25, -0.2) is 0 Å². The van der Waals surface area contributed by atoms with Crippen LogP contribution in [0.25, 0.3) is 0 Å². The van der Waals surface area contributed by atoms with Crippen LogP contribution in [0.1, 0.15) is 17.5 Å². The second-order valence-electron chi connectivity index (χ2n) is 6.19. The fourth-order valence-corrected chi connectivity index (χ4v) is 2.73. The first-order valence-electron chi connectivity index (χ1n) is 8.24. The van der Waals surface area contributed by atoms with Crippen LogP contribution in [-0.4, -0.2) is 35.3 Å². The zero-order chi connectivity index (χ0) is 17.6. The average molecular weight is 339 g/mol. The van der Waals surface area contributed by atoms with E-state index < -0.39 is 0 Å². The topological polar surface area (TPSA) is 71.5 Å². The van der Waals surface area contributed by atoms with E-state index in [1.165, 1.54) is 0 Å². The van der Waals surface area contributed by atoms with Crippen LogP contribution >= 0.6 is 0 Å². The third-order valence-electron chi connectivity index (χ3n) is 4.23. The summed E-state index contributed by atoms with van der Waals surface area (Å²) in [6.45, 7) is 1.40. The molecular formula is C19H21N3O3. The Kier molecular flexibility index (Phi) is 5.28. The monoisotopic (exact) mass is 339 g/mol. The Bertz CT molecular complexity index is 731. The van der Waals surface area contributed by atoms with E-state index in [1.54, 1.807) is 24.3 Å². The molecule has 130 valence electrons. The standard InChI is InChI=1S/C19H21N3O3/c1-22-12-16(9-18(22)23)19(24)21-11-14-4-6-17(7-5-14)25-13-15-3-2-8-20-10-15/h2-8,10,16H,9,11-13H2,1H3,(H,21,24). The van der Waals surface area contributed by atoms with Crippen molar-refractivity contribution in [3.8, 4) is 5.75 Å². The summed E-state index contributed by atoms with van der Waals surface area (Å²) in [7, 11) is 1.72. The molecule has 6 heteroatoms. The molecule has 1 N–H and O–H groups in total. The van der Waals surface area contributed by atoms with Crippen molar-refractivity contribution in [1.82, 2.24) is 15.2 Å². The summed E-state index contributed by atoms with van der Waals surface area (Å²) in [6, 6.07) is 11.4. The first-order valence-corrected chi connectivity index (χ1v) is 8.24. The van der Waals surface area contributed by atoms with Gasteiger partial charge in [-0.2, -0.15) is 0 Å². The van der Waals surface area contributed by atoms with Crippen molar-refractivity contribution in [2.75, 3.05) is 13.6 Å². The molecule has 1 atom stereocenters. The summed E-state index contributed by atoms with van der Waals surface area (Å²) in [4.78, 5) is 29.3. The molecule has 1 aromatic carbocycles. The van der Waals surface area contributed by atoms with Gasteiger partial charge in [-0.15, -0.1) is 0 Å². The van der Waals surface area contributed by atoms with Crippen molar-refractivity contribution in [3.05, 3.63) is 59.9 Å². The second kappa shape index (κ2) is 7.79. The van der Waals surface area contributed by atoms with Gasteiger partial charge in [0, 0.05) is 44.5 Å². The quantitative estimate of drug-likeness (QED) is 0.870. The number of rotatable bonds is 6. The van der Waals surface area contributed by atoms with E-state index in [2.05, 4.69) is 10.3 Å². The molecular weight excluding hydrogens is 318 g/mol. The molecule has 1 aliphatic heterocycles. The van der Waals surface area contributed by atoms with E-state index in [0.29, 0.717) is 26.1 Å². The molecule has 2 heterocycles. The van der Waals surface area contributed by atoms with E-state index in [1.807, 2.05) is 36.4 Å². The zero-order valence-electron chi connectivity index (χ0n) is 14.1. The van der Waals surface area contributed by atoms with Gasteiger partial charge in [-0.1, -0.05) is 18.2 Å². The first kappa shape index (κ1) is 17.0. The van der Waals surface area contributed by atoms with E-state index in [-0.39, 0.29) is 17.7 Å². The maximum Gasteiger partial charge on any atom is 0.225 e. The lowest BCUT2D eigenvalue weighted by Crippen LogP contribution is -2.31. The summed E-state index contributed by atoms with van der Waals surface area (Å²) < 4.78 is 5.71. The SMILES string of the molecule is CN1CC(C(=O)NCc2ccc(OCc3cccnc3)cc2)CC1=O. The number of amides is 2. The van der Waals surface area contributed by atoms with E-state index in [0.717, 1.165) is 16.9 Å². The molecule has 1 saturated heterocycles. The number of aromatic nitrogens is 1. The van der Waals surface area contributed by atoms with Crippen LogP contribution in [0.2, 0.25) is 0 Å². The number of ether oxygens (including phenoxy) is 1. The molecule has 1 unspecified atom stereocenters. The number of pyridine rings is 1. The van der Waals surface area contributed by atoms with Gasteiger partial charge in [-0.3, -0.25) is 14.6 Å². The summed E-state index contributed by atoms with van der Waals surface area (Å²) >= 11 is 0. The lowest BCUT2D eigenvalue weighted by molar-refractivity contribution is -0.128. The molecule has 2 amide bonds. The van der Waals surface area contributed by atoms with Crippen LogP contribution in [0.4, 0.5) is 0 Å². The summed E-state index contributed by atoms with van der Waals surface area (Å²) in [5.74, 6) is 0.464. The predicted molar refractivity (Wildman–Crippen MR) is 92.6 cm³/mol. The maximum absolute atomic E-state index is 12.1. The van der Waals surface area contributed by atoms with Gasteiger partial charge >= 0.3 is 0 Å². The van der Waals surface area contributed by atoms with Crippen LogP contribution in [0.5, 0.6) is 5.75 Å². The van der Waals surface area contributed by atoms with Crippen LogP contribution in [-0.2, 0) is 22.7 Å². The molecule has 0 radical (unpaired) electrons. The van der Waals surface area contributed by atoms with Crippen molar-refractivity contribution in [3.63, 3.8) is 0 Å². The molecule has 1 aromatic heterocycles. The highest BCUT2D eigenvalue weighted by molar-refractivity contribution is 5.89. The Balaban J connectivity index is 1.46. The number of carbonyl (C=O) groups excluding carboxylic acids is 2. The first-order chi connectivity index (χ1) is 12.1. The van der Waals surface area contributed by atoms with E-state index in [4.69, 9.17) is 4.74 Å². The van der Waals surface area contributed by atoms with Gasteiger partial charge in [-0.05, 0) is 23.8 Å². The van der Waals surface area contributed by atoms with Crippen molar-refractivity contribution < 1.29 is 14.3 Å². The Labute approximate surface area is 146 Å². The summed E-state index contributed by atoms with van der Waals surface area (Å²) in [6.07, 6.45) is 3.80. The molecule has 6 nitrogen and oxygen atoms in total. The molecule has 0 aliphatic carbocycles. The van der Waals surface area contributed by atoms with Crippen LogP contribution in [0.3, 0.4) is 0 Å². The van der Waals surface area contributed by atoms with Gasteiger partial charge in [0.25, 0.3) is 0 Å². The van der Waals surface area contributed by atoms with Gasteiger partial charge in [0.1, 0.15) is 12.4 Å². The molecule has 0 saturated carbocycles. The van der Waals surface area contributed by atoms with Crippen molar-refractivity contribution in [1.29, 1.82) is 0 Å². The van der Waals surface area contributed by atoms with E-state index in [9.17, 15) is 9.59 Å². The number of hydrogen-bond donors (Lipinski definition) is 1. The van der Waals surface area contributed by atoms with Crippen LogP contribution in [0.15, 0.2) is 48.8 Å². The predicted octanol–water partition coefficient (Wildman–Crippen LogP) is 1.76. The van der Waals surface area contributed by atoms with Crippen LogP contribution in [0, 0.1) is 5.92 Å². The van der Waals surface area contributed by atoms with Crippen molar-refractivity contribution >= 4 is 11.8 Å². The Morgan fingerprint density at radius 3 is 2.72 bits per heavy atom. The minimum absolute atomic E-state index is 0.0234. The smallest absolute Gasteiger partial charge is 0.225 e. The molecule has 0 bridgehead atoms. The fourth-order valence-electron chi connectivity index (χ4n) is 2.73. The average Bonchev–Trinajstić information content (AvgIpc) is 2.98. The molecule has 1 fully saturated rings. The number of nitrogens with zero attached hydrogens (tertiary/aromatic N) is 2. The van der Waals surface area contributed by atoms with Crippen LogP contribution < -0.4 is 10.1 Å². The molecule has 1 aliphatic rings. The lowest BCUT2D eigenvalue weighted by atomic mass is 10.1. The lowest BCUT2D eigenvalue weighted by Gasteiger charge is -2.11. The highest BCUT2D eigenvalue weighted by Gasteiger charge is 2.31. The van der Waals surface area contributed by atoms with Crippen molar-refractivity contribution in [2.24, 2.45) is 5.92 Å². The highest BCUT2D eigenvalue weighted by Crippen LogP contribution is 2.17. The van der Waals surface area contributed by atoms with Gasteiger partial charge in [0.2, 0.25) is 11.8 Å². The van der Waals surface area contributed by atoms with Gasteiger partial charge in [0.15, 0.2) is 0 Å². The summed E-state index contributed by atoms with van der Waals surface area (Å²) in [5.41, 5.74) is 2.00. The zero-order valence-corrected chi connectivity index (χ0v) is 14.1. The van der Waals surface area contributed by atoms with Crippen molar-refractivity contribution in [2.45, 2.75) is 19.6 Å². The fraction of sp³-hybridized carbons (Fsp3) is 0.316. The Morgan fingerprint density at radius 1 is 1.28 bits per heavy atom. The third kappa shape index (κ3) is 4.56.